The van der Waals surface area contributed by atoms with Gasteiger partial charge in [-0.05, 0) is 74.3 Å². The number of methoxy groups -OCH3 is 1. The number of likely N-dealkylation sites (tertiary alicyclic amines) is 1. The van der Waals surface area contributed by atoms with Crippen LogP contribution in [0.25, 0.3) is 5.69 Å². The summed E-state index contributed by atoms with van der Waals surface area (Å²) in [6, 6.07) is 11.7. The molecule has 1 aliphatic heterocycles. The third-order valence-corrected chi connectivity index (χ3v) is 7.44. The Morgan fingerprint density at radius 3 is 2.58 bits per heavy atom. The number of anilines is 2. The third-order valence-electron chi connectivity index (χ3n) is 7.44. The van der Waals surface area contributed by atoms with Crippen molar-refractivity contribution in [1.82, 2.24) is 19.7 Å². The van der Waals surface area contributed by atoms with Gasteiger partial charge in [0.15, 0.2) is 11.6 Å². The number of hydrogen-bond acceptors (Lipinski definition) is 8. The van der Waals surface area contributed by atoms with Gasteiger partial charge in [-0.15, -0.1) is 0 Å². The van der Waals surface area contributed by atoms with E-state index in [0.717, 1.165) is 49.8 Å². The van der Waals surface area contributed by atoms with E-state index in [1.54, 1.807) is 13.2 Å². The molecule has 232 valence electrons. The van der Waals surface area contributed by atoms with E-state index in [1.807, 2.05) is 0 Å². The number of nitrogen functional groups attached to an aromatic ring is 1. The number of hydrogen-bond donors (Lipinski definition) is 2. The van der Waals surface area contributed by atoms with Crippen molar-refractivity contribution < 1.29 is 23.0 Å². The van der Waals surface area contributed by atoms with Crippen LogP contribution < -0.4 is 21.3 Å². The van der Waals surface area contributed by atoms with E-state index in [1.165, 1.54) is 54.9 Å². The van der Waals surface area contributed by atoms with Crippen molar-refractivity contribution in [2.75, 3.05) is 44.4 Å². The molecule has 0 bridgehead atoms. The fraction of sp³-hybridized carbons (Fsp3) is 0.273. The second kappa shape index (κ2) is 14.6. The number of carbonyl (C=O) groups is 1. The number of ether oxygens (including phenoxy) is 2. The number of aromatic nitrogens is 3. The molecule has 0 unspecified atom stereocenters. The number of nitrogens with zero attached hydrogens (tertiary/aromatic N) is 4. The summed E-state index contributed by atoms with van der Waals surface area (Å²) in [5.41, 5.74) is 5.88. The SMILES string of the molecule is COCCN1CCC(CC#Cc2c(Oc3ccc(NC(=O)c4ccnn(-c5ccc(F)cc5)c4=O)cc3F)ccnc2N)CC1. The summed E-state index contributed by atoms with van der Waals surface area (Å²) in [4.78, 5) is 32.3. The normalized spacial score (nSPS) is 13.6. The van der Waals surface area contributed by atoms with Crippen LogP contribution in [-0.4, -0.2) is 58.9 Å². The molecule has 0 atom stereocenters. The molecule has 0 aliphatic carbocycles. The molecule has 2 aromatic heterocycles. The lowest BCUT2D eigenvalue weighted by Crippen LogP contribution is -2.35. The van der Waals surface area contributed by atoms with Crippen LogP contribution in [-0.2, 0) is 4.74 Å². The minimum absolute atomic E-state index is 0.0944. The van der Waals surface area contributed by atoms with Crippen LogP contribution in [0, 0.1) is 29.4 Å². The molecular weight excluding hydrogens is 582 g/mol. The first-order valence-corrected chi connectivity index (χ1v) is 14.4. The molecule has 3 N–H and O–H groups in total. The predicted octanol–water partition coefficient (Wildman–Crippen LogP) is 4.63. The zero-order valence-corrected chi connectivity index (χ0v) is 24.6. The summed E-state index contributed by atoms with van der Waals surface area (Å²) in [6.07, 6.45) is 5.51. The highest BCUT2D eigenvalue weighted by Crippen LogP contribution is 2.31. The molecule has 1 fully saturated rings. The Morgan fingerprint density at radius 1 is 1.07 bits per heavy atom. The summed E-state index contributed by atoms with van der Waals surface area (Å²) in [5.74, 6) is 5.01. The maximum absolute atomic E-state index is 15.1. The summed E-state index contributed by atoms with van der Waals surface area (Å²) >= 11 is 0. The van der Waals surface area contributed by atoms with Crippen LogP contribution in [0.5, 0.6) is 11.5 Å². The minimum atomic E-state index is -0.772. The molecule has 0 radical (unpaired) electrons. The largest absolute Gasteiger partial charge is 0.453 e. The van der Waals surface area contributed by atoms with E-state index < -0.39 is 23.1 Å². The van der Waals surface area contributed by atoms with E-state index in [9.17, 15) is 14.0 Å². The van der Waals surface area contributed by atoms with Crippen molar-refractivity contribution in [2.45, 2.75) is 19.3 Å². The molecule has 3 heterocycles. The first-order valence-electron chi connectivity index (χ1n) is 14.4. The number of halogens is 2. The topological polar surface area (TPSA) is 125 Å². The van der Waals surface area contributed by atoms with Gasteiger partial charge < -0.3 is 25.4 Å². The molecule has 12 heteroatoms. The third kappa shape index (κ3) is 7.89. The van der Waals surface area contributed by atoms with Crippen LogP contribution in [0.15, 0.2) is 71.8 Å². The molecule has 1 amide bonds. The lowest BCUT2D eigenvalue weighted by atomic mass is 9.94. The van der Waals surface area contributed by atoms with Crippen molar-refractivity contribution >= 4 is 17.4 Å². The molecule has 2 aromatic carbocycles. The summed E-state index contributed by atoms with van der Waals surface area (Å²) in [5, 5.41) is 6.47. The van der Waals surface area contributed by atoms with Gasteiger partial charge in [-0.2, -0.15) is 9.78 Å². The lowest BCUT2D eigenvalue weighted by Gasteiger charge is -2.30. The summed E-state index contributed by atoms with van der Waals surface area (Å²) in [7, 11) is 1.71. The van der Waals surface area contributed by atoms with Crippen molar-refractivity contribution in [3.8, 4) is 29.0 Å². The summed E-state index contributed by atoms with van der Waals surface area (Å²) < 4.78 is 40.4. The van der Waals surface area contributed by atoms with Crippen LogP contribution in [0.4, 0.5) is 20.3 Å². The van der Waals surface area contributed by atoms with Crippen molar-refractivity contribution in [2.24, 2.45) is 5.92 Å². The number of piperidine rings is 1. The molecule has 45 heavy (non-hydrogen) atoms. The van der Waals surface area contributed by atoms with Crippen molar-refractivity contribution in [1.29, 1.82) is 0 Å². The predicted molar refractivity (Wildman–Crippen MR) is 165 cm³/mol. The van der Waals surface area contributed by atoms with Crippen LogP contribution in [0.1, 0.15) is 35.2 Å². The van der Waals surface area contributed by atoms with Gasteiger partial charge in [0.2, 0.25) is 0 Å². The van der Waals surface area contributed by atoms with Gasteiger partial charge in [0.1, 0.15) is 28.5 Å². The van der Waals surface area contributed by atoms with Crippen LogP contribution in [0.3, 0.4) is 0 Å². The molecular formula is C33H32F2N6O4. The molecule has 1 aliphatic rings. The highest BCUT2D eigenvalue weighted by Gasteiger charge is 2.19. The Hall–Kier alpha value is -5.12. The van der Waals surface area contributed by atoms with Crippen molar-refractivity contribution in [3.05, 3.63) is 100 Å². The Labute approximate surface area is 258 Å². The molecule has 0 saturated carbocycles. The molecule has 10 nitrogen and oxygen atoms in total. The fourth-order valence-electron chi connectivity index (χ4n) is 4.92. The fourth-order valence-corrected chi connectivity index (χ4v) is 4.92. The van der Waals surface area contributed by atoms with Crippen LogP contribution >= 0.6 is 0 Å². The quantitative estimate of drug-likeness (QED) is 0.262. The van der Waals surface area contributed by atoms with Gasteiger partial charge in [-0.25, -0.2) is 13.8 Å². The van der Waals surface area contributed by atoms with E-state index in [2.05, 4.69) is 32.1 Å². The maximum atomic E-state index is 15.1. The number of rotatable bonds is 9. The monoisotopic (exact) mass is 614 g/mol. The van der Waals surface area contributed by atoms with E-state index >= 15 is 4.39 Å². The van der Waals surface area contributed by atoms with Crippen LogP contribution in [0.2, 0.25) is 0 Å². The smallest absolute Gasteiger partial charge is 0.284 e. The Balaban J connectivity index is 1.25. The zero-order chi connectivity index (χ0) is 31.8. The van der Waals surface area contributed by atoms with E-state index in [-0.39, 0.29) is 34.3 Å². The first-order chi connectivity index (χ1) is 21.8. The number of amides is 1. The Morgan fingerprint density at radius 2 is 1.84 bits per heavy atom. The highest BCUT2D eigenvalue weighted by molar-refractivity contribution is 6.04. The zero-order valence-electron chi connectivity index (χ0n) is 24.6. The molecule has 0 spiro atoms. The summed E-state index contributed by atoms with van der Waals surface area (Å²) in [6.45, 7) is 3.66. The number of carbonyl (C=O) groups excluding carboxylic acids is 1. The Bertz CT molecular complexity index is 1780. The Kier molecular flexibility index (Phi) is 10.1. The minimum Gasteiger partial charge on any atom is -0.453 e. The second-order valence-corrected chi connectivity index (χ2v) is 10.5. The van der Waals surface area contributed by atoms with Gasteiger partial charge in [0.25, 0.3) is 11.5 Å². The average molecular weight is 615 g/mol. The van der Waals surface area contributed by atoms with E-state index in [0.29, 0.717) is 17.9 Å². The number of nitrogens with two attached hydrogens (primary N) is 1. The van der Waals surface area contributed by atoms with Gasteiger partial charge in [-0.3, -0.25) is 9.59 Å². The standard InChI is InChI=1S/C33H32F2N6O4/c1-44-20-19-40-17-13-22(14-18-40)3-2-4-26-29(12-15-37-31(26)36)45-30-10-7-24(21-28(30)35)39-32(42)27-11-16-38-41(33(27)43)25-8-5-23(34)6-9-25/h5-12,15-16,21-22H,3,13-14,17-20H2,1H3,(H2,36,37)(H,39,42). The van der Waals surface area contributed by atoms with E-state index in [4.69, 9.17) is 15.2 Å². The number of benzene rings is 2. The number of nitrogens with one attached hydrogen (secondary N) is 1. The van der Waals surface area contributed by atoms with Gasteiger partial charge in [-0.1, -0.05) is 11.8 Å². The maximum Gasteiger partial charge on any atom is 0.284 e. The van der Waals surface area contributed by atoms with Gasteiger partial charge in [0, 0.05) is 50.3 Å². The number of pyridine rings is 1. The van der Waals surface area contributed by atoms with Crippen molar-refractivity contribution in [3.63, 3.8) is 0 Å². The lowest BCUT2D eigenvalue weighted by molar-refractivity contribution is 0.102. The van der Waals surface area contributed by atoms with Gasteiger partial charge in [0.05, 0.1) is 12.3 Å². The average Bonchev–Trinajstić information content (AvgIpc) is 3.03. The van der Waals surface area contributed by atoms with Gasteiger partial charge >= 0.3 is 0 Å². The molecule has 4 aromatic rings. The molecule has 1 saturated heterocycles. The second-order valence-electron chi connectivity index (χ2n) is 10.5. The molecule has 5 rings (SSSR count). The highest BCUT2D eigenvalue weighted by atomic mass is 19.1. The first kappa shape index (κ1) is 31.3.